The maximum Gasteiger partial charge on any atom is 0.353 e. The first-order valence-corrected chi connectivity index (χ1v) is 8.81. The zero-order chi connectivity index (χ0) is 18.5. The summed E-state index contributed by atoms with van der Waals surface area (Å²) in [5, 5.41) is 14.7. The van der Waals surface area contributed by atoms with Gasteiger partial charge >= 0.3 is 5.69 Å². The van der Waals surface area contributed by atoms with E-state index in [-0.39, 0.29) is 17.5 Å². The van der Waals surface area contributed by atoms with Gasteiger partial charge in [0.2, 0.25) is 11.6 Å². The maximum atomic E-state index is 11.6. The summed E-state index contributed by atoms with van der Waals surface area (Å²) >= 11 is 0. The molecule has 1 aliphatic rings. The Morgan fingerprint density at radius 2 is 1.85 bits per heavy atom. The Morgan fingerprint density at radius 3 is 2.46 bits per heavy atom. The molecule has 138 valence electrons. The number of benzene rings is 1. The molecule has 0 atom stereocenters. The Bertz CT molecular complexity index is 745. The number of anilines is 2. The van der Waals surface area contributed by atoms with Crippen LogP contribution in [0.1, 0.15) is 19.4 Å². The van der Waals surface area contributed by atoms with Gasteiger partial charge in [-0.3, -0.25) is 15.0 Å². The highest BCUT2D eigenvalue weighted by molar-refractivity contribution is 5.70. The van der Waals surface area contributed by atoms with E-state index in [0.717, 1.165) is 19.6 Å². The van der Waals surface area contributed by atoms with Gasteiger partial charge in [-0.25, -0.2) is 9.97 Å². The summed E-state index contributed by atoms with van der Waals surface area (Å²) in [5.41, 5.74) is 1.23. The lowest BCUT2D eigenvalue weighted by molar-refractivity contribution is -0.383. The van der Waals surface area contributed by atoms with Gasteiger partial charge in [-0.1, -0.05) is 30.3 Å². The van der Waals surface area contributed by atoms with E-state index in [1.807, 2.05) is 36.9 Å². The number of hydrogen-bond donors (Lipinski definition) is 1. The lowest BCUT2D eigenvalue weighted by Crippen LogP contribution is -2.46. The van der Waals surface area contributed by atoms with Crippen LogP contribution in [-0.4, -0.2) is 52.0 Å². The van der Waals surface area contributed by atoms with Crippen molar-refractivity contribution < 1.29 is 4.92 Å². The average Bonchev–Trinajstić information content (AvgIpc) is 2.62. The quantitative estimate of drug-likeness (QED) is 0.628. The topological polar surface area (TPSA) is 87.4 Å². The molecule has 0 unspecified atom stereocenters. The van der Waals surface area contributed by atoms with Crippen LogP contribution in [0.3, 0.4) is 0 Å². The second-order valence-corrected chi connectivity index (χ2v) is 6.70. The molecule has 1 aromatic carbocycles. The summed E-state index contributed by atoms with van der Waals surface area (Å²) in [4.78, 5) is 23.8. The van der Waals surface area contributed by atoms with E-state index in [2.05, 4.69) is 32.3 Å². The van der Waals surface area contributed by atoms with E-state index < -0.39 is 4.92 Å². The second kappa shape index (κ2) is 8.09. The average molecular weight is 356 g/mol. The monoisotopic (exact) mass is 356 g/mol. The summed E-state index contributed by atoms with van der Waals surface area (Å²) in [6.45, 7) is 7.81. The Hall–Kier alpha value is -2.74. The van der Waals surface area contributed by atoms with Gasteiger partial charge in [0, 0.05) is 38.8 Å². The van der Waals surface area contributed by atoms with Crippen LogP contribution in [0, 0.1) is 10.1 Å². The van der Waals surface area contributed by atoms with E-state index >= 15 is 0 Å². The molecular weight excluding hydrogens is 332 g/mol. The van der Waals surface area contributed by atoms with Crippen molar-refractivity contribution in [2.24, 2.45) is 0 Å². The highest BCUT2D eigenvalue weighted by atomic mass is 16.6. The molecule has 0 bridgehead atoms. The first-order chi connectivity index (χ1) is 12.5. The van der Waals surface area contributed by atoms with Gasteiger partial charge in [0.15, 0.2) is 0 Å². The molecule has 1 N–H and O–H groups in total. The molecule has 0 saturated carbocycles. The second-order valence-electron chi connectivity index (χ2n) is 6.70. The lowest BCUT2D eigenvalue weighted by atomic mass is 10.2. The van der Waals surface area contributed by atoms with Crippen molar-refractivity contribution in [3.05, 3.63) is 52.3 Å². The van der Waals surface area contributed by atoms with Gasteiger partial charge in [-0.15, -0.1) is 0 Å². The standard InChI is InChI=1S/C18H24N6O2/c1-14(2)21-17-16(24(25)26)18(20-13-19-17)23-10-8-22(9-11-23)12-15-6-4-3-5-7-15/h3-7,13-14H,8-12H2,1-2H3,(H,19,20,21). The molecule has 2 aromatic rings. The van der Waals surface area contributed by atoms with Gasteiger partial charge in [-0.2, -0.15) is 0 Å². The van der Waals surface area contributed by atoms with Crippen molar-refractivity contribution in [2.45, 2.75) is 26.4 Å². The smallest absolute Gasteiger partial charge is 0.353 e. The summed E-state index contributed by atoms with van der Waals surface area (Å²) in [6.07, 6.45) is 1.39. The van der Waals surface area contributed by atoms with E-state index in [0.29, 0.717) is 18.9 Å². The minimum Gasteiger partial charge on any atom is -0.362 e. The van der Waals surface area contributed by atoms with Gasteiger partial charge in [0.1, 0.15) is 6.33 Å². The number of rotatable bonds is 6. The van der Waals surface area contributed by atoms with Crippen LogP contribution in [0.4, 0.5) is 17.3 Å². The van der Waals surface area contributed by atoms with Crippen molar-refractivity contribution in [1.82, 2.24) is 14.9 Å². The van der Waals surface area contributed by atoms with Crippen LogP contribution in [0.15, 0.2) is 36.7 Å². The van der Waals surface area contributed by atoms with Gasteiger partial charge < -0.3 is 10.2 Å². The number of hydrogen-bond acceptors (Lipinski definition) is 7. The minimum atomic E-state index is -0.392. The highest BCUT2D eigenvalue weighted by Crippen LogP contribution is 2.32. The van der Waals surface area contributed by atoms with Crippen LogP contribution >= 0.6 is 0 Å². The Morgan fingerprint density at radius 1 is 1.15 bits per heavy atom. The Labute approximate surface area is 153 Å². The molecule has 0 radical (unpaired) electrons. The molecule has 8 nitrogen and oxygen atoms in total. The van der Waals surface area contributed by atoms with Gasteiger partial charge in [0.05, 0.1) is 4.92 Å². The normalized spacial score (nSPS) is 15.3. The number of piperazine rings is 1. The van der Waals surface area contributed by atoms with Crippen molar-refractivity contribution in [2.75, 3.05) is 36.4 Å². The van der Waals surface area contributed by atoms with Crippen LogP contribution < -0.4 is 10.2 Å². The molecule has 0 spiro atoms. The summed E-state index contributed by atoms with van der Waals surface area (Å²) in [6, 6.07) is 10.4. The SMILES string of the molecule is CC(C)Nc1ncnc(N2CCN(Cc3ccccc3)CC2)c1[N+](=O)[O-]. The van der Waals surface area contributed by atoms with Crippen molar-refractivity contribution in [3.8, 4) is 0 Å². The molecule has 1 aliphatic heterocycles. The predicted octanol–water partition coefficient (Wildman–Crippen LogP) is 2.53. The number of nitrogens with zero attached hydrogens (tertiary/aromatic N) is 5. The fraction of sp³-hybridized carbons (Fsp3) is 0.444. The van der Waals surface area contributed by atoms with Crippen LogP contribution in [0.2, 0.25) is 0 Å². The largest absolute Gasteiger partial charge is 0.362 e. The van der Waals surface area contributed by atoms with Crippen molar-refractivity contribution >= 4 is 17.3 Å². The fourth-order valence-electron chi connectivity index (χ4n) is 3.11. The zero-order valence-electron chi connectivity index (χ0n) is 15.1. The molecule has 8 heteroatoms. The predicted molar refractivity (Wildman–Crippen MR) is 101 cm³/mol. The Kier molecular flexibility index (Phi) is 5.62. The van der Waals surface area contributed by atoms with Crippen molar-refractivity contribution in [3.63, 3.8) is 0 Å². The van der Waals surface area contributed by atoms with Crippen LogP contribution in [0.5, 0.6) is 0 Å². The molecule has 1 aromatic heterocycles. The van der Waals surface area contributed by atoms with Crippen LogP contribution in [-0.2, 0) is 6.54 Å². The molecule has 1 saturated heterocycles. The van der Waals surface area contributed by atoms with Crippen LogP contribution in [0.25, 0.3) is 0 Å². The summed E-state index contributed by atoms with van der Waals surface area (Å²) in [7, 11) is 0. The van der Waals surface area contributed by atoms with Crippen molar-refractivity contribution in [1.29, 1.82) is 0 Å². The van der Waals surface area contributed by atoms with E-state index in [1.165, 1.54) is 11.9 Å². The first kappa shape index (κ1) is 18.1. The number of nitrogens with one attached hydrogen (secondary N) is 1. The maximum absolute atomic E-state index is 11.6. The zero-order valence-corrected chi connectivity index (χ0v) is 15.1. The molecular formula is C18H24N6O2. The number of aromatic nitrogens is 2. The number of nitro groups is 1. The van der Waals surface area contributed by atoms with E-state index in [4.69, 9.17) is 0 Å². The minimum absolute atomic E-state index is 0.0438. The third-order valence-corrected chi connectivity index (χ3v) is 4.33. The fourth-order valence-corrected chi connectivity index (χ4v) is 3.11. The first-order valence-electron chi connectivity index (χ1n) is 8.81. The molecule has 26 heavy (non-hydrogen) atoms. The van der Waals surface area contributed by atoms with Gasteiger partial charge in [-0.05, 0) is 19.4 Å². The lowest BCUT2D eigenvalue weighted by Gasteiger charge is -2.35. The molecule has 3 rings (SSSR count). The van der Waals surface area contributed by atoms with E-state index in [9.17, 15) is 10.1 Å². The van der Waals surface area contributed by atoms with Gasteiger partial charge in [0.25, 0.3) is 0 Å². The molecule has 0 aliphatic carbocycles. The summed E-state index contributed by atoms with van der Waals surface area (Å²) in [5.74, 6) is 0.675. The van der Waals surface area contributed by atoms with E-state index in [1.54, 1.807) is 0 Å². The third kappa shape index (κ3) is 4.26. The third-order valence-electron chi connectivity index (χ3n) is 4.33. The molecule has 0 amide bonds. The molecule has 1 fully saturated rings. The molecule has 2 heterocycles. The Balaban J connectivity index is 1.72. The summed E-state index contributed by atoms with van der Waals surface area (Å²) < 4.78 is 0. The highest BCUT2D eigenvalue weighted by Gasteiger charge is 2.29.